The van der Waals surface area contributed by atoms with Crippen molar-refractivity contribution in [1.82, 2.24) is 4.98 Å². The van der Waals surface area contributed by atoms with Crippen LogP contribution in [0.15, 0.2) is 56.3 Å². The van der Waals surface area contributed by atoms with E-state index in [0.717, 1.165) is 21.1 Å². The molecule has 4 rings (SSSR count). The number of nitrogens with zero attached hydrogens (tertiary/aromatic N) is 2. The van der Waals surface area contributed by atoms with Crippen LogP contribution in [0.25, 0.3) is 22.6 Å². The Kier molecular flexibility index (Phi) is 5.69. The van der Waals surface area contributed by atoms with Crippen molar-refractivity contribution < 1.29 is 19.4 Å². The Morgan fingerprint density at radius 2 is 1.87 bits per heavy atom. The minimum Gasteiger partial charge on any atom is -0.507 e. The fraction of sp³-hybridized carbons (Fsp3) is 0.167. The second-order valence-electron chi connectivity index (χ2n) is 7.16. The third-order valence-corrected chi connectivity index (χ3v) is 5.39. The van der Waals surface area contributed by atoms with Crippen LogP contribution in [0.4, 0.5) is 5.69 Å². The first-order chi connectivity index (χ1) is 14.9. The van der Waals surface area contributed by atoms with Gasteiger partial charge in [-0.2, -0.15) is 0 Å². The van der Waals surface area contributed by atoms with E-state index < -0.39 is 0 Å². The quantitative estimate of drug-likeness (QED) is 0.321. The summed E-state index contributed by atoms with van der Waals surface area (Å²) in [7, 11) is 0. The number of aromatic hydroxyl groups is 2. The molecule has 0 atom stereocenters. The summed E-state index contributed by atoms with van der Waals surface area (Å²) in [6, 6.07) is 12.2. The Labute approximate surface area is 188 Å². The highest BCUT2D eigenvalue weighted by Crippen LogP contribution is 2.36. The van der Waals surface area contributed by atoms with E-state index in [4.69, 9.17) is 9.15 Å². The Morgan fingerprint density at radius 1 is 1.10 bits per heavy atom. The summed E-state index contributed by atoms with van der Waals surface area (Å²) >= 11 is 3.42. The summed E-state index contributed by atoms with van der Waals surface area (Å²) in [6.07, 6.45) is 1.54. The Bertz CT molecular complexity index is 1270. The number of halogens is 1. The van der Waals surface area contributed by atoms with Gasteiger partial charge < -0.3 is 19.4 Å². The average molecular weight is 481 g/mol. The SMILES string of the molecule is CCOc1cc(Br)cc(C=Nc2ccc(O)c(-c3nc4cc(C)c(C)cc4o3)c2)c1O. The molecular formula is C24H21BrN2O4. The number of hydrogen-bond donors (Lipinski definition) is 2. The van der Waals surface area contributed by atoms with E-state index in [2.05, 4.69) is 25.9 Å². The van der Waals surface area contributed by atoms with Crippen molar-refractivity contribution in [3.63, 3.8) is 0 Å². The molecule has 31 heavy (non-hydrogen) atoms. The molecule has 6 nitrogen and oxygen atoms in total. The number of benzene rings is 3. The van der Waals surface area contributed by atoms with Gasteiger partial charge in [-0.3, -0.25) is 4.99 Å². The standard InChI is InChI=1S/C24H21BrN2O4/c1-4-30-22-10-16(25)9-15(23(22)29)12-26-17-5-6-20(28)18(11-17)24-27-19-7-13(2)14(3)8-21(19)31-24/h5-12,28-29H,4H2,1-3H3. The fourth-order valence-corrected chi connectivity index (χ4v) is 3.63. The number of aryl methyl sites for hydroxylation is 2. The lowest BCUT2D eigenvalue weighted by Gasteiger charge is -2.08. The molecule has 7 heteroatoms. The van der Waals surface area contributed by atoms with Crippen LogP contribution in [0.5, 0.6) is 17.2 Å². The van der Waals surface area contributed by atoms with Gasteiger partial charge in [0.15, 0.2) is 17.1 Å². The Morgan fingerprint density at radius 3 is 2.65 bits per heavy atom. The maximum atomic E-state index is 10.4. The van der Waals surface area contributed by atoms with Crippen molar-refractivity contribution in [2.75, 3.05) is 6.61 Å². The molecule has 0 spiro atoms. The molecule has 0 aliphatic heterocycles. The highest BCUT2D eigenvalue weighted by molar-refractivity contribution is 9.10. The molecule has 1 aromatic heterocycles. The van der Waals surface area contributed by atoms with Crippen LogP contribution in [-0.4, -0.2) is 28.0 Å². The van der Waals surface area contributed by atoms with Crippen LogP contribution in [0.1, 0.15) is 23.6 Å². The summed E-state index contributed by atoms with van der Waals surface area (Å²) in [5, 5.41) is 20.8. The predicted octanol–water partition coefficient (Wildman–Crippen LogP) is 6.43. The van der Waals surface area contributed by atoms with Gasteiger partial charge in [0.1, 0.15) is 11.3 Å². The lowest BCUT2D eigenvalue weighted by atomic mass is 10.1. The van der Waals surface area contributed by atoms with Gasteiger partial charge in [0, 0.05) is 16.3 Å². The van der Waals surface area contributed by atoms with Crippen LogP contribution in [0.2, 0.25) is 0 Å². The normalized spacial score (nSPS) is 11.5. The molecule has 0 amide bonds. The first-order valence-electron chi connectivity index (χ1n) is 9.76. The molecular weight excluding hydrogens is 460 g/mol. The monoisotopic (exact) mass is 480 g/mol. The predicted molar refractivity (Wildman–Crippen MR) is 125 cm³/mol. The number of aliphatic imine (C=N–C) groups is 1. The molecule has 1 heterocycles. The highest BCUT2D eigenvalue weighted by atomic mass is 79.9. The van der Waals surface area contributed by atoms with Crippen molar-refractivity contribution in [1.29, 1.82) is 0 Å². The van der Waals surface area contributed by atoms with E-state index in [1.54, 1.807) is 30.3 Å². The summed E-state index contributed by atoms with van der Waals surface area (Å²) < 4.78 is 12.1. The number of rotatable bonds is 5. The van der Waals surface area contributed by atoms with Crippen LogP contribution in [-0.2, 0) is 0 Å². The molecule has 0 saturated heterocycles. The van der Waals surface area contributed by atoms with Gasteiger partial charge in [-0.25, -0.2) is 4.98 Å². The molecule has 0 aliphatic carbocycles. The zero-order valence-corrected chi connectivity index (χ0v) is 18.9. The second kappa shape index (κ2) is 8.43. The van der Waals surface area contributed by atoms with Crippen molar-refractivity contribution >= 4 is 38.9 Å². The maximum Gasteiger partial charge on any atom is 0.231 e. The molecule has 0 unspecified atom stereocenters. The van der Waals surface area contributed by atoms with Gasteiger partial charge in [-0.1, -0.05) is 15.9 Å². The minimum absolute atomic E-state index is 0.0116. The highest BCUT2D eigenvalue weighted by Gasteiger charge is 2.14. The number of oxazole rings is 1. The molecule has 3 aromatic carbocycles. The Balaban J connectivity index is 1.71. The number of fused-ring (bicyclic) bond motifs is 1. The van der Waals surface area contributed by atoms with Gasteiger partial charge in [0.25, 0.3) is 0 Å². The topological polar surface area (TPSA) is 88.1 Å². The molecule has 0 fully saturated rings. The first kappa shape index (κ1) is 20.9. The van der Waals surface area contributed by atoms with Crippen LogP contribution >= 0.6 is 15.9 Å². The van der Waals surface area contributed by atoms with E-state index in [1.165, 1.54) is 6.21 Å². The molecule has 4 aromatic rings. The van der Waals surface area contributed by atoms with Crippen LogP contribution in [0, 0.1) is 13.8 Å². The van der Waals surface area contributed by atoms with Crippen LogP contribution in [0.3, 0.4) is 0 Å². The lowest BCUT2D eigenvalue weighted by Crippen LogP contribution is -1.94. The van der Waals surface area contributed by atoms with Crippen molar-refractivity contribution in [2.24, 2.45) is 4.99 Å². The smallest absolute Gasteiger partial charge is 0.231 e. The third-order valence-electron chi connectivity index (χ3n) is 4.94. The van der Waals surface area contributed by atoms with Crippen LogP contribution < -0.4 is 4.74 Å². The van der Waals surface area contributed by atoms with E-state index >= 15 is 0 Å². The molecule has 2 N–H and O–H groups in total. The molecule has 158 valence electrons. The number of phenols is 2. The van der Waals surface area contributed by atoms with E-state index in [-0.39, 0.29) is 11.5 Å². The van der Waals surface area contributed by atoms with Gasteiger partial charge in [0.05, 0.1) is 17.9 Å². The fourth-order valence-electron chi connectivity index (χ4n) is 3.17. The Hall–Kier alpha value is -3.32. The van der Waals surface area contributed by atoms with Gasteiger partial charge >= 0.3 is 0 Å². The number of phenolic OH excluding ortho intramolecular Hbond substituents is 2. The minimum atomic E-state index is 0.0116. The largest absolute Gasteiger partial charge is 0.507 e. The summed E-state index contributed by atoms with van der Waals surface area (Å²) in [5.41, 5.74) is 5.13. The molecule has 0 aliphatic rings. The van der Waals surface area contributed by atoms with Crippen molar-refractivity contribution in [3.05, 3.63) is 63.6 Å². The van der Waals surface area contributed by atoms with E-state index in [1.807, 2.05) is 32.9 Å². The summed E-state index contributed by atoms with van der Waals surface area (Å²) in [6.45, 7) is 6.31. The lowest BCUT2D eigenvalue weighted by molar-refractivity contribution is 0.317. The van der Waals surface area contributed by atoms with E-state index in [0.29, 0.717) is 40.6 Å². The maximum absolute atomic E-state index is 10.4. The van der Waals surface area contributed by atoms with Crippen molar-refractivity contribution in [3.8, 4) is 28.7 Å². The number of hydrogen-bond acceptors (Lipinski definition) is 6. The number of ether oxygens (including phenoxy) is 1. The van der Waals surface area contributed by atoms with Gasteiger partial charge in [0.2, 0.25) is 5.89 Å². The number of aromatic nitrogens is 1. The zero-order chi connectivity index (χ0) is 22.1. The second-order valence-corrected chi connectivity index (χ2v) is 8.07. The first-order valence-corrected chi connectivity index (χ1v) is 10.6. The molecule has 0 bridgehead atoms. The average Bonchev–Trinajstić information content (AvgIpc) is 3.13. The van der Waals surface area contributed by atoms with E-state index in [9.17, 15) is 10.2 Å². The van der Waals surface area contributed by atoms with Crippen molar-refractivity contribution in [2.45, 2.75) is 20.8 Å². The third kappa shape index (κ3) is 4.27. The summed E-state index contributed by atoms with van der Waals surface area (Å²) in [5.74, 6) is 0.751. The molecule has 0 radical (unpaired) electrons. The molecule has 0 saturated carbocycles. The summed E-state index contributed by atoms with van der Waals surface area (Å²) in [4.78, 5) is 8.97. The zero-order valence-electron chi connectivity index (χ0n) is 17.3. The van der Waals surface area contributed by atoms with Gasteiger partial charge in [-0.15, -0.1) is 0 Å². The van der Waals surface area contributed by atoms with Gasteiger partial charge in [-0.05, 0) is 74.4 Å².